The minimum Gasteiger partial charge on any atom is -0.464 e. The molecule has 1 unspecified atom stereocenters. The summed E-state index contributed by atoms with van der Waals surface area (Å²) in [6.45, 7) is 10.4. The summed E-state index contributed by atoms with van der Waals surface area (Å²) in [5.41, 5.74) is -0.450. The first-order valence-electron chi connectivity index (χ1n) is 6.64. The Morgan fingerprint density at radius 2 is 1.74 bits per heavy atom. The van der Waals surface area contributed by atoms with Gasteiger partial charge in [-0.15, -0.1) is 0 Å². The van der Waals surface area contributed by atoms with Gasteiger partial charge in [-0.2, -0.15) is 0 Å². The third kappa shape index (κ3) is 4.20. The van der Waals surface area contributed by atoms with Crippen LogP contribution in [0.15, 0.2) is 0 Å². The highest BCUT2D eigenvalue weighted by Crippen LogP contribution is 2.68. The van der Waals surface area contributed by atoms with Crippen LogP contribution in [0.4, 0.5) is 0 Å². The van der Waals surface area contributed by atoms with E-state index in [0.29, 0.717) is 0 Å². The van der Waals surface area contributed by atoms with Crippen LogP contribution in [-0.2, 0) is 19.4 Å². The summed E-state index contributed by atoms with van der Waals surface area (Å²) < 4.78 is 27.3. The molecule has 1 atom stereocenters. The van der Waals surface area contributed by atoms with Crippen molar-refractivity contribution in [1.29, 1.82) is 0 Å². The molecule has 0 spiro atoms. The Kier molecular flexibility index (Phi) is 4.13. The molecule has 112 valence electrons. The number of sulfone groups is 1. The maximum atomic E-state index is 12.3. The molecule has 1 aliphatic carbocycles. The van der Waals surface area contributed by atoms with Crippen molar-refractivity contribution >= 4 is 15.8 Å². The van der Waals surface area contributed by atoms with Crippen LogP contribution in [-0.4, -0.2) is 33.0 Å². The van der Waals surface area contributed by atoms with Crippen molar-refractivity contribution in [3.05, 3.63) is 0 Å². The van der Waals surface area contributed by atoms with E-state index in [2.05, 4.69) is 34.6 Å². The largest absolute Gasteiger partial charge is 0.464 e. The van der Waals surface area contributed by atoms with Crippen LogP contribution in [0.3, 0.4) is 0 Å². The molecule has 0 aromatic rings. The van der Waals surface area contributed by atoms with Gasteiger partial charge in [0.15, 0.2) is 9.84 Å². The van der Waals surface area contributed by atoms with Gasteiger partial charge in [0.25, 0.3) is 0 Å². The van der Waals surface area contributed by atoms with Crippen molar-refractivity contribution in [1.82, 2.24) is 0 Å². The number of carbonyl (C=O) groups is 1. The van der Waals surface area contributed by atoms with Gasteiger partial charge in [-0.05, 0) is 23.7 Å². The van der Waals surface area contributed by atoms with Crippen LogP contribution in [0, 0.1) is 16.2 Å². The number of esters is 1. The summed E-state index contributed by atoms with van der Waals surface area (Å²) in [6.07, 6.45) is 2.73. The van der Waals surface area contributed by atoms with Gasteiger partial charge in [-0.25, -0.2) is 8.42 Å². The highest BCUT2D eigenvalue weighted by molar-refractivity contribution is 7.90. The fourth-order valence-corrected chi connectivity index (χ4v) is 3.15. The summed E-state index contributed by atoms with van der Waals surface area (Å²) in [4.78, 5) is 12.3. The average molecular weight is 290 g/mol. The Hall–Kier alpha value is -0.580. The first-order valence-corrected chi connectivity index (χ1v) is 8.70. The summed E-state index contributed by atoms with van der Waals surface area (Å²) in [5, 5.41) is 0. The van der Waals surface area contributed by atoms with Crippen LogP contribution < -0.4 is 0 Å². The summed E-state index contributed by atoms with van der Waals surface area (Å²) in [7, 11) is -3.09. The number of hydrogen-bond donors (Lipinski definition) is 0. The highest BCUT2D eigenvalue weighted by Gasteiger charge is 2.67. The quantitative estimate of drug-likeness (QED) is 0.730. The zero-order valence-corrected chi connectivity index (χ0v) is 13.7. The Morgan fingerprint density at radius 3 is 2.05 bits per heavy atom. The Morgan fingerprint density at radius 1 is 1.26 bits per heavy atom. The fourth-order valence-electron chi connectivity index (χ4n) is 2.76. The molecule has 19 heavy (non-hydrogen) atoms. The Labute approximate surface area is 116 Å². The third-order valence-electron chi connectivity index (χ3n) is 3.82. The third-order valence-corrected chi connectivity index (χ3v) is 4.73. The van der Waals surface area contributed by atoms with E-state index in [1.807, 2.05) is 0 Å². The minimum atomic E-state index is -3.09. The van der Waals surface area contributed by atoms with Gasteiger partial charge in [0.2, 0.25) is 0 Å². The van der Waals surface area contributed by atoms with E-state index in [0.717, 1.165) is 19.1 Å². The van der Waals surface area contributed by atoms with Crippen molar-refractivity contribution in [3.8, 4) is 0 Å². The molecule has 0 radical (unpaired) electrons. The average Bonchev–Trinajstić information content (AvgIpc) is 2.63. The van der Waals surface area contributed by atoms with Crippen LogP contribution in [0.25, 0.3) is 0 Å². The molecule has 0 aromatic heterocycles. The second-order valence-corrected chi connectivity index (χ2v) is 9.91. The first kappa shape index (κ1) is 16.5. The second kappa shape index (κ2) is 4.76. The monoisotopic (exact) mass is 290 g/mol. The van der Waals surface area contributed by atoms with Crippen molar-refractivity contribution in [2.45, 2.75) is 47.5 Å². The van der Waals surface area contributed by atoms with Gasteiger partial charge >= 0.3 is 5.97 Å². The molecule has 1 saturated carbocycles. The fraction of sp³-hybridized carbons (Fsp3) is 0.929. The molecule has 0 aliphatic heterocycles. The van der Waals surface area contributed by atoms with Gasteiger partial charge in [-0.1, -0.05) is 34.6 Å². The number of hydrogen-bond acceptors (Lipinski definition) is 4. The summed E-state index contributed by atoms with van der Waals surface area (Å²) in [6, 6.07) is 0. The molecule has 0 saturated heterocycles. The molecule has 1 aliphatic rings. The normalized spacial score (nSPS) is 26.0. The molecule has 0 N–H and O–H groups in total. The van der Waals surface area contributed by atoms with Crippen molar-refractivity contribution in [2.75, 3.05) is 18.6 Å². The predicted octanol–water partition coefficient (Wildman–Crippen LogP) is 2.43. The van der Waals surface area contributed by atoms with E-state index >= 15 is 0 Å². The Bertz CT molecular complexity index is 456. The summed E-state index contributed by atoms with van der Waals surface area (Å²) in [5.74, 6) is -0.346. The Balaban J connectivity index is 2.67. The lowest BCUT2D eigenvalue weighted by Gasteiger charge is -2.27. The molecule has 0 heterocycles. The molecule has 0 bridgehead atoms. The minimum absolute atomic E-state index is 0.0420. The van der Waals surface area contributed by atoms with Gasteiger partial charge in [-0.3, -0.25) is 4.79 Å². The number of ether oxygens (including phenoxy) is 1. The van der Waals surface area contributed by atoms with Crippen molar-refractivity contribution in [3.63, 3.8) is 0 Å². The molecule has 4 nitrogen and oxygen atoms in total. The van der Waals surface area contributed by atoms with E-state index in [4.69, 9.17) is 4.74 Å². The molecule has 5 heteroatoms. The van der Waals surface area contributed by atoms with E-state index in [1.54, 1.807) is 0 Å². The van der Waals surface area contributed by atoms with Crippen LogP contribution in [0.5, 0.6) is 0 Å². The van der Waals surface area contributed by atoms with Gasteiger partial charge in [0, 0.05) is 6.26 Å². The smallest absolute Gasteiger partial charge is 0.312 e. The highest BCUT2D eigenvalue weighted by atomic mass is 32.2. The molecular formula is C14H26O4S. The van der Waals surface area contributed by atoms with Crippen molar-refractivity contribution < 1.29 is 17.9 Å². The van der Waals surface area contributed by atoms with Crippen LogP contribution in [0.1, 0.15) is 47.5 Å². The van der Waals surface area contributed by atoms with E-state index < -0.39 is 15.3 Å². The number of rotatable bonds is 5. The van der Waals surface area contributed by atoms with Gasteiger partial charge < -0.3 is 4.74 Å². The maximum absolute atomic E-state index is 12.3. The lowest BCUT2D eigenvalue weighted by Crippen LogP contribution is -2.30. The lowest BCUT2D eigenvalue weighted by molar-refractivity contribution is -0.152. The maximum Gasteiger partial charge on any atom is 0.312 e. The zero-order valence-electron chi connectivity index (χ0n) is 12.9. The van der Waals surface area contributed by atoms with E-state index in [-0.39, 0.29) is 29.2 Å². The lowest BCUT2D eigenvalue weighted by atomic mass is 9.79. The van der Waals surface area contributed by atoms with E-state index in [9.17, 15) is 13.2 Å². The van der Waals surface area contributed by atoms with Crippen LogP contribution >= 0.6 is 0 Å². The van der Waals surface area contributed by atoms with Gasteiger partial charge in [0.05, 0.1) is 11.2 Å². The molecular weight excluding hydrogens is 264 g/mol. The SMILES string of the molecule is CC(C)(C)CC1(C(=O)OCCS(C)(=O)=O)CC1(C)C. The molecule has 0 aromatic carbocycles. The van der Waals surface area contributed by atoms with Crippen LogP contribution in [0.2, 0.25) is 0 Å². The predicted molar refractivity (Wildman–Crippen MR) is 75.6 cm³/mol. The first-order chi connectivity index (χ1) is 8.29. The zero-order chi connectivity index (χ0) is 15.1. The topological polar surface area (TPSA) is 60.4 Å². The molecule has 0 amide bonds. The van der Waals surface area contributed by atoms with E-state index in [1.165, 1.54) is 0 Å². The standard InChI is InChI=1S/C14H26O4S/c1-12(2,3)9-14(10-13(14,4)5)11(15)18-7-8-19(6,16)17/h7-10H2,1-6H3. The molecule has 1 rings (SSSR count). The van der Waals surface area contributed by atoms with Crippen molar-refractivity contribution in [2.24, 2.45) is 16.2 Å². The summed E-state index contributed by atoms with van der Waals surface area (Å²) >= 11 is 0. The van der Waals surface area contributed by atoms with Gasteiger partial charge in [0.1, 0.15) is 6.61 Å². The second-order valence-electron chi connectivity index (χ2n) is 7.65. The molecule has 1 fully saturated rings. The number of carbonyl (C=O) groups excluding carboxylic acids is 1.